The number of aromatic nitrogens is 1. The molecular weight excluding hydrogens is 424 g/mol. The largest absolute Gasteiger partial charge is 0.376 e. The van der Waals surface area contributed by atoms with E-state index in [2.05, 4.69) is 17.1 Å². The van der Waals surface area contributed by atoms with Crippen LogP contribution in [0.3, 0.4) is 0 Å². The van der Waals surface area contributed by atoms with Crippen LogP contribution in [0.5, 0.6) is 0 Å². The maximum atomic E-state index is 13.1. The maximum Gasteiger partial charge on any atom is 0.228 e. The Labute approximate surface area is 184 Å². The summed E-state index contributed by atoms with van der Waals surface area (Å²) in [6.07, 6.45) is 3.44. The molecule has 3 aromatic rings. The topological polar surface area (TPSA) is 42.4 Å². The van der Waals surface area contributed by atoms with E-state index in [0.717, 1.165) is 41.8 Å². The SMILES string of the molecule is O=C(CCCSc1ccccc1)N(CC1CCCO1)c1nc2c(Cl)cccc2s1. The van der Waals surface area contributed by atoms with E-state index in [1.165, 1.54) is 16.2 Å². The van der Waals surface area contributed by atoms with Gasteiger partial charge in [0.2, 0.25) is 5.91 Å². The fourth-order valence-electron chi connectivity index (χ4n) is 3.36. The second kappa shape index (κ2) is 9.94. The van der Waals surface area contributed by atoms with Crippen LogP contribution in [0.15, 0.2) is 53.4 Å². The van der Waals surface area contributed by atoms with Crippen molar-refractivity contribution in [2.45, 2.75) is 36.7 Å². The minimum atomic E-state index is 0.0835. The molecule has 29 heavy (non-hydrogen) atoms. The molecule has 2 aromatic carbocycles. The molecule has 0 N–H and O–H groups in total. The Hall–Kier alpha value is -1.60. The number of para-hydroxylation sites is 1. The van der Waals surface area contributed by atoms with Crippen molar-refractivity contribution in [1.29, 1.82) is 0 Å². The van der Waals surface area contributed by atoms with Crippen LogP contribution in [-0.2, 0) is 9.53 Å². The van der Waals surface area contributed by atoms with Crippen LogP contribution in [0.2, 0.25) is 5.02 Å². The lowest BCUT2D eigenvalue weighted by molar-refractivity contribution is -0.119. The first-order valence-electron chi connectivity index (χ1n) is 9.85. The summed E-state index contributed by atoms with van der Waals surface area (Å²) in [5.41, 5.74) is 0.763. The van der Waals surface area contributed by atoms with Crippen LogP contribution in [0.4, 0.5) is 5.13 Å². The minimum absolute atomic E-state index is 0.0835. The Bertz CT molecular complexity index is 958. The summed E-state index contributed by atoms with van der Waals surface area (Å²) in [6, 6.07) is 16.0. The third-order valence-corrected chi connectivity index (χ3v) is 7.29. The number of amides is 1. The van der Waals surface area contributed by atoms with E-state index in [0.29, 0.717) is 23.1 Å². The van der Waals surface area contributed by atoms with Gasteiger partial charge in [-0.15, -0.1) is 11.8 Å². The minimum Gasteiger partial charge on any atom is -0.376 e. The molecule has 1 aliphatic heterocycles. The molecule has 0 spiro atoms. The van der Waals surface area contributed by atoms with E-state index in [1.54, 1.807) is 11.8 Å². The quantitative estimate of drug-likeness (QED) is 0.312. The van der Waals surface area contributed by atoms with Gasteiger partial charge in [0.05, 0.1) is 22.4 Å². The molecule has 0 bridgehead atoms. The normalized spacial score (nSPS) is 16.4. The van der Waals surface area contributed by atoms with Crippen LogP contribution in [0, 0.1) is 0 Å². The maximum absolute atomic E-state index is 13.1. The Morgan fingerprint density at radius 3 is 2.86 bits per heavy atom. The number of anilines is 1. The zero-order valence-corrected chi connectivity index (χ0v) is 18.4. The Morgan fingerprint density at radius 2 is 2.10 bits per heavy atom. The van der Waals surface area contributed by atoms with Crippen molar-refractivity contribution in [1.82, 2.24) is 4.98 Å². The van der Waals surface area contributed by atoms with E-state index in [-0.39, 0.29) is 12.0 Å². The Morgan fingerprint density at radius 1 is 1.24 bits per heavy atom. The number of carbonyl (C=O) groups excluding carboxylic acids is 1. The summed E-state index contributed by atoms with van der Waals surface area (Å²) in [4.78, 5) is 20.8. The molecule has 2 heterocycles. The average Bonchev–Trinajstić information content (AvgIpc) is 3.40. The average molecular weight is 447 g/mol. The van der Waals surface area contributed by atoms with Gasteiger partial charge < -0.3 is 4.74 Å². The molecule has 1 unspecified atom stereocenters. The van der Waals surface area contributed by atoms with E-state index in [4.69, 9.17) is 16.3 Å². The van der Waals surface area contributed by atoms with Gasteiger partial charge in [-0.1, -0.05) is 47.2 Å². The Balaban J connectivity index is 1.44. The standard InChI is InChI=1S/C22H23ClN2O2S2/c23-18-10-4-11-19-21(18)24-22(29-19)25(15-16-7-5-13-27-16)20(26)12-6-14-28-17-8-2-1-3-9-17/h1-4,8-11,16H,5-7,12-15H2. The van der Waals surface area contributed by atoms with E-state index < -0.39 is 0 Å². The highest BCUT2D eigenvalue weighted by atomic mass is 35.5. The summed E-state index contributed by atoms with van der Waals surface area (Å²) in [6.45, 7) is 1.33. The van der Waals surface area contributed by atoms with Crippen molar-refractivity contribution < 1.29 is 9.53 Å². The molecule has 0 aliphatic carbocycles. The van der Waals surface area contributed by atoms with Gasteiger partial charge in [0.15, 0.2) is 5.13 Å². The number of benzene rings is 2. The first kappa shape index (κ1) is 20.7. The lowest BCUT2D eigenvalue weighted by Gasteiger charge is -2.23. The predicted octanol–water partition coefficient (Wildman–Crippen LogP) is 6.03. The van der Waals surface area contributed by atoms with Crippen LogP contribution < -0.4 is 4.90 Å². The van der Waals surface area contributed by atoms with Crippen LogP contribution in [0.25, 0.3) is 10.2 Å². The third kappa shape index (κ3) is 5.31. The molecule has 1 amide bonds. The highest BCUT2D eigenvalue weighted by Crippen LogP contribution is 2.34. The molecule has 152 valence electrons. The number of carbonyl (C=O) groups is 1. The summed E-state index contributed by atoms with van der Waals surface area (Å²) < 4.78 is 6.79. The summed E-state index contributed by atoms with van der Waals surface area (Å²) in [7, 11) is 0. The smallest absolute Gasteiger partial charge is 0.228 e. The van der Waals surface area contributed by atoms with Crippen molar-refractivity contribution in [3.8, 4) is 0 Å². The number of fused-ring (bicyclic) bond motifs is 1. The van der Waals surface area contributed by atoms with Gasteiger partial charge >= 0.3 is 0 Å². The van der Waals surface area contributed by atoms with Crippen LogP contribution in [-0.4, -0.2) is 35.9 Å². The first-order valence-corrected chi connectivity index (χ1v) is 12.0. The van der Waals surface area contributed by atoms with E-state index in [9.17, 15) is 4.79 Å². The molecule has 0 radical (unpaired) electrons. The van der Waals surface area contributed by atoms with Gasteiger partial charge in [0, 0.05) is 17.9 Å². The highest BCUT2D eigenvalue weighted by molar-refractivity contribution is 7.99. The van der Waals surface area contributed by atoms with Gasteiger partial charge in [-0.2, -0.15) is 0 Å². The van der Waals surface area contributed by atoms with Crippen molar-refractivity contribution in [3.05, 3.63) is 53.6 Å². The van der Waals surface area contributed by atoms with Crippen molar-refractivity contribution in [2.75, 3.05) is 23.8 Å². The zero-order chi connectivity index (χ0) is 20.1. The van der Waals surface area contributed by atoms with Crippen molar-refractivity contribution in [2.24, 2.45) is 0 Å². The van der Waals surface area contributed by atoms with E-state index >= 15 is 0 Å². The van der Waals surface area contributed by atoms with Gasteiger partial charge in [-0.25, -0.2) is 4.98 Å². The van der Waals surface area contributed by atoms with Crippen molar-refractivity contribution >= 4 is 56.0 Å². The zero-order valence-electron chi connectivity index (χ0n) is 16.1. The number of hydrogen-bond donors (Lipinski definition) is 0. The number of ether oxygens (including phenoxy) is 1. The van der Waals surface area contributed by atoms with Gasteiger partial charge in [0.25, 0.3) is 0 Å². The lowest BCUT2D eigenvalue weighted by atomic mass is 10.2. The van der Waals surface area contributed by atoms with E-state index in [1.807, 2.05) is 41.3 Å². The monoisotopic (exact) mass is 446 g/mol. The van der Waals surface area contributed by atoms with Gasteiger partial charge in [-0.3, -0.25) is 9.69 Å². The number of thiazole rings is 1. The predicted molar refractivity (Wildman–Crippen MR) is 122 cm³/mol. The number of nitrogens with zero attached hydrogens (tertiary/aromatic N) is 2. The molecular formula is C22H23ClN2O2S2. The molecule has 0 saturated carbocycles. The molecule has 1 aromatic heterocycles. The number of halogens is 1. The number of rotatable bonds is 8. The lowest BCUT2D eigenvalue weighted by Crippen LogP contribution is -2.37. The van der Waals surface area contributed by atoms with Gasteiger partial charge in [0.1, 0.15) is 5.52 Å². The number of thioether (sulfide) groups is 1. The molecule has 1 atom stereocenters. The molecule has 1 saturated heterocycles. The summed E-state index contributed by atoms with van der Waals surface area (Å²) >= 11 is 9.60. The molecule has 7 heteroatoms. The fourth-order valence-corrected chi connectivity index (χ4v) is 5.53. The highest BCUT2D eigenvalue weighted by Gasteiger charge is 2.26. The van der Waals surface area contributed by atoms with Crippen molar-refractivity contribution in [3.63, 3.8) is 0 Å². The molecule has 1 aliphatic rings. The Kier molecular flexibility index (Phi) is 7.08. The third-order valence-electron chi connectivity index (χ3n) is 4.85. The van der Waals surface area contributed by atoms with Crippen LogP contribution >= 0.6 is 34.7 Å². The second-order valence-electron chi connectivity index (χ2n) is 6.99. The first-order chi connectivity index (χ1) is 14.2. The molecule has 1 fully saturated rings. The summed E-state index contributed by atoms with van der Waals surface area (Å²) in [5, 5.41) is 1.33. The van der Waals surface area contributed by atoms with Gasteiger partial charge in [-0.05, 0) is 49.3 Å². The van der Waals surface area contributed by atoms with Crippen LogP contribution in [0.1, 0.15) is 25.7 Å². The molecule has 4 nitrogen and oxygen atoms in total. The second-order valence-corrected chi connectivity index (χ2v) is 9.57. The summed E-state index contributed by atoms with van der Waals surface area (Å²) in [5.74, 6) is 1.01. The number of hydrogen-bond acceptors (Lipinski definition) is 5. The fraction of sp³-hybridized carbons (Fsp3) is 0.364. The molecule has 4 rings (SSSR count).